The molecule has 3 nitrogen and oxygen atoms in total. The predicted octanol–water partition coefficient (Wildman–Crippen LogP) is 5.63. The van der Waals surface area contributed by atoms with Crippen molar-refractivity contribution in [3.8, 4) is 11.3 Å². The molecule has 3 aromatic rings. The van der Waals surface area contributed by atoms with Gasteiger partial charge in [-0.25, -0.2) is 0 Å². The Labute approximate surface area is 146 Å². The standard InChI is InChI=1S/C20H20ClNO2/c1-3-12(2)13-7-8-18-16(10-13)17(11-19(23)24)20(22-18)14-5-4-6-15(21)9-14/h4-10,12,22H,3,11H2,1-2H3,(H,23,24). The first-order valence-electron chi connectivity index (χ1n) is 8.11. The molecule has 1 atom stereocenters. The highest BCUT2D eigenvalue weighted by atomic mass is 35.5. The van der Waals surface area contributed by atoms with Crippen LogP contribution in [0.15, 0.2) is 42.5 Å². The van der Waals surface area contributed by atoms with Gasteiger partial charge in [-0.1, -0.05) is 43.6 Å². The summed E-state index contributed by atoms with van der Waals surface area (Å²) in [4.78, 5) is 14.8. The van der Waals surface area contributed by atoms with Gasteiger partial charge in [-0.15, -0.1) is 0 Å². The van der Waals surface area contributed by atoms with E-state index >= 15 is 0 Å². The van der Waals surface area contributed by atoms with Crippen molar-refractivity contribution in [3.05, 3.63) is 58.6 Å². The molecule has 0 aliphatic rings. The number of carboxylic acids is 1. The van der Waals surface area contributed by atoms with E-state index in [1.807, 2.05) is 30.3 Å². The maximum absolute atomic E-state index is 11.4. The summed E-state index contributed by atoms with van der Waals surface area (Å²) in [6.07, 6.45) is 1.02. The average molecular weight is 342 g/mol. The lowest BCUT2D eigenvalue weighted by Gasteiger charge is -2.09. The highest BCUT2D eigenvalue weighted by molar-refractivity contribution is 6.30. The van der Waals surface area contributed by atoms with Crippen molar-refractivity contribution in [1.82, 2.24) is 4.98 Å². The van der Waals surface area contributed by atoms with E-state index < -0.39 is 5.97 Å². The quantitative estimate of drug-likeness (QED) is 0.632. The molecule has 0 radical (unpaired) electrons. The van der Waals surface area contributed by atoms with E-state index in [-0.39, 0.29) is 6.42 Å². The summed E-state index contributed by atoms with van der Waals surface area (Å²) < 4.78 is 0. The minimum atomic E-state index is -0.840. The average Bonchev–Trinajstić information content (AvgIpc) is 2.91. The van der Waals surface area contributed by atoms with E-state index in [2.05, 4.69) is 31.0 Å². The fourth-order valence-electron chi connectivity index (χ4n) is 3.03. The monoisotopic (exact) mass is 341 g/mol. The molecule has 0 saturated heterocycles. The van der Waals surface area contributed by atoms with Crippen LogP contribution < -0.4 is 0 Å². The lowest BCUT2D eigenvalue weighted by atomic mass is 9.95. The van der Waals surface area contributed by atoms with E-state index in [0.29, 0.717) is 10.9 Å². The molecular weight excluding hydrogens is 322 g/mol. The largest absolute Gasteiger partial charge is 0.481 e. The number of halogens is 1. The Morgan fingerprint density at radius 2 is 2.04 bits per heavy atom. The number of aromatic amines is 1. The van der Waals surface area contributed by atoms with Gasteiger partial charge in [-0.05, 0) is 53.3 Å². The van der Waals surface area contributed by atoms with Gasteiger partial charge < -0.3 is 10.1 Å². The first-order valence-corrected chi connectivity index (χ1v) is 8.49. The van der Waals surface area contributed by atoms with Crippen LogP contribution >= 0.6 is 11.6 Å². The van der Waals surface area contributed by atoms with Crippen LogP contribution in [0.1, 0.15) is 37.3 Å². The smallest absolute Gasteiger partial charge is 0.307 e. The third-order valence-electron chi connectivity index (χ3n) is 4.55. The molecule has 24 heavy (non-hydrogen) atoms. The zero-order valence-corrected chi connectivity index (χ0v) is 14.5. The van der Waals surface area contributed by atoms with Crippen LogP contribution in [0.5, 0.6) is 0 Å². The molecule has 0 aliphatic heterocycles. The van der Waals surface area contributed by atoms with Crippen molar-refractivity contribution in [1.29, 1.82) is 0 Å². The van der Waals surface area contributed by atoms with Crippen LogP contribution in [0.4, 0.5) is 0 Å². The van der Waals surface area contributed by atoms with Gasteiger partial charge in [-0.3, -0.25) is 4.79 Å². The Balaban J connectivity index is 2.23. The normalized spacial score (nSPS) is 12.5. The summed E-state index contributed by atoms with van der Waals surface area (Å²) in [7, 11) is 0. The number of nitrogens with one attached hydrogen (secondary N) is 1. The number of hydrogen-bond donors (Lipinski definition) is 2. The minimum Gasteiger partial charge on any atom is -0.481 e. The summed E-state index contributed by atoms with van der Waals surface area (Å²) in [5.74, 6) is -0.398. The lowest BCUT2D eigenvalue weighted by molar-refractivity contribution is -0.136. The van der Waals surface area contributed by atoms with Crippen LogP contribution in [-0.2, 0) is 11.2 Å². The van der Waals surface area contributed by atoms with Crippen LogP contribution in [-0.4, -0.2) is 16.1 Å². The SMILES string of the molecule is CCC(C)c1ccc2[nH]c(-c3cccc(Cl)c3)c(CC(=O)O)c2c1. The summed E-state index contributed by atoms with van der Waals surface area (Å²) in [6, 6.07) is 13.7. The van der Waals surface area contributed by atoms with Gasteiger partial charge in [0.1, 0.15) is 0 Å². The van der Waals surface area contributed by atoms with E-state index in [4.69, 9.17) is 11.6 Å². The molecule has 1 heterocycles. The molecule has 124 valence electrons. The van der Waals surface area contributed by atoms with Gasteiger partial charge in [0.05, 0.1) is 12.1 Å². The molecule has 2 aromatic carbocycles. The van der Waals surface area contributed by atoms with Crippen LogP contribution in [0.25, 0.3) is 22.2 Å². The second-order valence-corrected chi connectivity index (χ2v) is 6.61. The Hall–Kier alpha value is -2.26. The van der Waals surface area contributed by atoms with Gasteiger partial charge >= 0.3 is 5.97 Å². The van der Waals surface area contributed by atoms with E-state index in [9.17, 15) is 9.90 Å². The number of aliphatic carboxylic acids is 1. The number of carbonyl (C=O) groups is 1. The Morgan fingerprint density at radius 3 is 2.71 bits per heavy atom. The van der Waals surface area contributed by atoms with Crippen LogP contribution in [0.3, 0.4) is 0 Å². The van der Waals surface area contributed by atoms with Crippen molar-refractivity contribution in [2.24, 2.45) is 0 Å². The Morgan fingerprint density at radius 1 is 1.25 bits per heavy atom. The molecule has 1 aromatic heterocycles. The second kappa shape index (κ2) is 6.70. The second-order valence-electron chi connectivity index (χ2n) is 6.17. The molecule has 0 aliphatic carbocycles. The van der Waals surface area contributed by atoms with Crippen LogP contribution in [0, 0.1) is 0 Å². The fraction of sp³-hybridized carbons (Fsp3) is 0.250. The third-order valence-corrected chi connectivity index (χ3v) is 4.79. The van der Waals surface area contributed by atoms with E-state index in [1.165, 1.54) is 5.56 Å². The zero-order chi connectivity index (χ0) is 17.3. The summed E-state index contributed by atoms with van der Waals surface area (Å²) in [6.45, 7) is 4.34. The molecule has 1 unspecified atom stereocenters. The van der Waals surface area contributed by atoms with Crippen molar-refractivity contribution in [3.63, 3.8) is 0 Å². The van der Waals surface area contributed by atoms with Crippen molar-refractivity contribution < 1.29 is 9.90 Å². The number of benzene rings is 2. The summed E-state index contributed by atoms with van der Waals surface area (Å²) in [5, 5.41) is 11.0. The predicted molar refractivity (Wildman–Crippen MR) is 98.8 cm³/mol. The lowest BCUT2D eigenvalue weighted by Crippen LogP contribution is -2.01. The van der Waals surface area contributed by atoms with E-state index in [0.717, 1.165) is 34.1 Å². The number of fused-ring (bicyclic) bond motifs is 1. The maximum atomic E-state index is 11.4. The molecule has 3 rings (SSSR count). The molecule has 0 bridgehead atoms. The number of aromatic nitrogens is 1. The zero-order valence-electron chi connectivity index (χ0n) is 13.8. The van der Waals surface area contributed by atoms with E-state index in [1.54, 1.807) is 0 Å². The van der Waals surface area contributed by atoms with Gasteiger partial charge in [0.2, 0.25) is 0 Å². The molecular formula is C20H20ClNO2. The number of H-pyrrole nitrogens is 1. The van der Waals surface area contributed by atoms with Crippen LogP contribution in [0.2, 0.25) is 5.02 Å². The van der Waals surface area contributed by atoms with Gasteiger partial charge in [-0.2, -0.15) is 0 Å². The number of rotatable bonds is 5. The molecule has 0 spiro atoms. The Kier molecular flexibility index (Phi) is 4.63. The highest BCUT2D eigenvalue weighted by Crippen LogP contribution is 2.34. The number of hydrogen-bond acceptors (Lipinski definition) is 1. The summed E-state index contributed by atoms with van der Waals surface area (Å²) in [5.41, 5.74) is 4.72. The Bertz CT molecular complexity index is 898. The van der Waals surface area contributed by atoms with Gasteiger partial charge in [0.15, 0.2) is 0 Å². The summed E-state index contributed by atoms with van der Waals surface area (Å²) >= 11 is 6.11. The van der Waals surface area contributed by atoms with Crippen molar-refractivity contribution >= 4 is 28.5 Å². The van der Waals surface area contributed by atoms with Gasteiger partial charge in [0.25, 0.3) is 0 Å². The minimum absolute atomic E-state index is 0.0220. The third kappa shape index (κ3) is 3.17. The maximum Gasteiger partial charge on any atom is 0.307 e. The van der Waals surface area contributed by atoms with Crippen molar-refractivity contribution in [2.45, 2.75) is 32.6 Å². The molecule has 2 N–H and O–H groups in total. The van der Waals surface area contributed by atoms with Gasteiger partial charge in [0, 0.05) is 15.9 Å². The topological polar surface area (TPSA) is 53.1 Å². The number of carboxylic acid groups (broad SMARTS) is 1. The first kappa shape index (κ1) is 16.6. The fourth-order valence-corrected chi connectivity index (χ4v) is 3.22. The molecule has 0 saturated carbocycles. The van der Waals surface area contributed by atoms with Crippen molar-refractivity contribution in [2.75, 3.05) is 0 Å². The molecule has 0 fully saturated rings. The molecule has 0 amide bonds. The first-order chi connectivity index (χ1) is 11.5. The molecule has 4 heteroatoms. The highest BCUT2D eigenvalue weighted by Gasteiger charge is 2.17.